The first kappa shape index (κ1) is 25.0. The molecule has 3 N–H and O–H groups in total. The topological polar surface area (TPSA) is 95.5 Å². The van der Waals surface area contributed by atoms with Gasteiger partial charge in [-0.2, -0.15) is 0 Å². The Labute approximate surface area is 186 Å². The van der Waals surface area contributed by atoms with E-state index in [1.165, 1.54) is 12.1 Å². The van der Waals surface area contributed by atoms with Gasteiger partial charge in [0.1, 0.15) is 0 Å². The van der Waals surface area contributed by atoms with Crippen LogP contribution >= 0.6 is 0 Å². The van der Waals surface area contributed by atoms with Crippen LogP contribution in [0.2, 0.25) is 0 Å². The molecule has 0 aliphatic rings. The quantitative estimate of drug-likeness (QED) is 0.491. The zero-order chi connectivity index (χ0) is 23.1. The van der Waals surface area contributed by atoms with Gasteiger partial charge in [-0.3, -0.25) is 4.79 Å². The van der Waals surface area contributed by atoms with Crippen molar-refractivity contribution in [3.63, 3.8) is 0 Å². The summed E-state index contributed by atoms with van der Waals surface area (Å²) in [5.74, 6) is -0.247. The molecule has 0 fully saturated rings. The number of amides is 1. The Balaban J connectivity index is 2.52. The summed E-state index contributed by atoms with van der Waals surface area (Å²) in [5.41, 5.74) is -0.363. The molecule has 0 heterocycles. The van der Waals surface area contributed by atoms with E-state index < -0.39 is 27.5 Å². The van der Waals surface area contributed by atoms with Crippen LogP contribution in [-0.2, 0) is 14.8 Å². The molecule has 0 saturated carbocycles. The number of rotatable bonds is 11. The monoisotopic (exact) mass is 446 g/mol. The van der Waals surface area contributed by atoms with Crippen LogP contribution in [0.5, 0.6) is 0 Å². The maximum atomic E-state index is 13.5. The summed E-state index contributed by atoms with van der Waals surface area (Å²) in [7, 11) is -3.87. The molecular formula is C24H34N2O4S. The Bertz CT molecular complexity index is 933. The van der Waals surface area contributed by atoms with Gasteiger partial charge in [0.25, 0.3) is 0 Å². The molecule has 170 valence electrons. The lowest BCUT2D eigenvalue weighted by atomic mass is 9.74. The van der Waals surface area contributed by atoms with E-state index in [-0.39, 0.29) is 23.3 Å². The van der Waals surface area contributed by atoms with Gasteiger partial charge in [-0.15, -0.1) is 0 Å². The first-order valence-corrected chi connectivity index (χ1v) is 12.2. The summed E-state index contributed by atoms with van der Waals surface area (Å²) in [5, 5.41) is 12.6. The fourth-order valence-electron chi connectivity index (χ4n) is 3.70. The molecule has 0 bridgehead atoms. The van der Waals surface area contributed by atoms with Crippen molar-refractivity contribution in [1.29, 1.82) is 0 Å². The predicted octanol–water partition coefficient (Wildman–Crippen LogP) is 3.65. The highest BCUT2D eigenvalue weighted by Gasteiger charge is 2.44. The van der Waals surface area contributed by atoms with Crippen molar-refractivity contribution in [1.82, 2.24) is 10.0 Å². The average Bonchev–Trinajstić information content (AvgIpc) is 2.76. The minimum Gasteiger partial charge on any atom is -0.394 e. The average molecular weight is 447 g/mol. The summed E-state index contributed by atoms with van der Waals surface area (Å²) in [6.45, 7) is 7.41. The Morgan fingerprint density at radius 2 is 1.58 bits per heavy atom. The largest absolute Gasteiger partial charge is 0.394 e. The van der Waals surface area contributed by atoms with E-state index >= 15 is 0 Å². The fourth-order valence-corrected chi connectivity index (χ4v) is 5.06. The first-order chi connectivity index (χ1) is 14.7. The van der Waals surface area contributed by atoms with Crippen LogP contribution in [0.3, 0.4) is 0 Å². The number of nitrogens with one attached hydrogen (secondary N) is 2. The van der Waals surface area contributed by atoms with Crippen LogP contribution in [-0.4, -0.2) is 32.1 Å². The van der Waals surface area contributed by atoms with E-state index in [4.69, 9.17) is 0 Å². The Kier molecular flexibility index (Phi) is 8.79. The molecule has 0 radical (unpaired) electrons. The van der Waals surface area contributed by atoms with Crippen LogP contribution in [0, 0.1) is 11.3 Å². The molecule has 0 aliphatic heterocycles. The lowest BCUT2D eigenvalue weighted by molar-refractivity contribution is -0.133. The number of hydrogen-bond acceptors (Lipinski definition) is 4. The number of hydrogen-bond donors (Lipinski definition) is 3. The summed E-state index contributed by atoms with van der Waals surface area (Å²) in [4.78, 5) is 13.7. The van der Waals surface area contributed by atoms with Crippen molar-refractivity contribution >= 4 is 15.9 Å². The highest BCUT2D eigenvalue weighted by Crippen LogP contribution is 2.39. The molecule has 0 spiro atoms. The van der Waals surface area contributed by atoms with E-state index in [1.807, 2.05) is 51.1 Å². The van der Waals surface area contributed by atoms with Crippen molar-refractivity contribution < 1.29 is 18.3 Å². The van der Waals surface area contributed by atoms with Crippen molar-refractivity contribution in [2.45, 2.75) is 57.5 Å². The van der Waals surface area contributed by atoms with Crippen LogP contribution in [0.4, 0.5) is 0 Å². The number of sulfonamides is 1. The molecule has 0 aromatic heterocycles. The van der Waals surface area contributed by atoms with Gasteiger partial charge in [0.05, 0.1) is 29.0 Å². The molecule has 0 unspecified atom stereocenters. The Morgan fingerprint density at radius 3 is 2.06 bits per heavy atom. The minimum absolute atomic E-state index is 0.0380. The van der Waals surface area contributed by atoms with Crippen molar-refractivity contribution in [3.8, 4) is 0 Å². The van der Waals surface area contributed by atoms with Gasteiger partial charge in [0, 0.05) is 0 Å². The predicted molar refractivity (Wildman–Crippen MR) is 123 cm³/mol. The molecule has 7 heteroatoms. The molecule has 31 heavy (non-hydrogen) atoms. The van der Waals surface area contributed by atoms with Gasteiger partial charge in [-0.25, -0.2) is 13.1 Å². The summed E-state index contributed by atoms with van der Waals surface area (Å²) < 4.78 is 29.2. The second-order valence-corrected chi connectivity index (χ2v) is 10.2. The molecule has 2 rings (SSSR count). The van der Waals surface area contributed by atoms with Crippen LogP contribution in [0.1, 0.15) is 52.1 Å². The number of aliphatic hydroxyl groups excluding tert-OH is 1. The van der Waals surface area contributed by atoms with Crippen LogP contribution in [0.15, 0.2) is 65.6 Å². The molecule has 0 saturated heterocycles. The van der Waals surface area contributed by atoms with E-state index in [1.54, 1.807) is 25.1 Å². The van der Waals surface area contributed by atoms with E-state index in [9.17, 15) is 18.3 Å². The van der Waals surface area contributed by atoms with Gasteiger partial charge in [-0.1, -0.05) is 75.7 Å². The summed E-state index contributed by atoms with van der Waals surface area (Å²) in [6, 6.07) is 16.1. The molecule has 1 amide bonds. The Hall–Kier alpha value is -2.22. The third-order valence-electron chi connectivity index (χ3n) is 5.70. The lowest BCUT2D eigenvalue weighted by Crippen LogP contribution is -2.53. The summed E-state index contributed by atoms with van der Waals surface area (Å²) in [6.07, 6.45) is 1.15. The van der Waals surface area contributed by atoms with E-state index in [2.05, 4.69) is 10.0 Å². The zero-order valence-corrected chi connectivity index (χ0v) is 19.5. The third-order valence-corrected chi connectivity index (χ3v) is 7.14. The minimum atomic E-state index is -3.87. The number of benzene rings is 2. The lowest BCUT2D eigenvalue weighted by Gasteiger charge is -2.38. The van der Waals surface area contributed by atoms with Crippen molar-refractivity contribution in [2.75, 3.05) is 6.61 Å². The fraction of sp³-hybridized carbons (Fsp3) is 0.458. The molecular weight excluding hydrogens is 412 g/mol. The first-order valence-electron chi connectivity index (χ1n) is 10.7. The summed E-state index contributed by atoms with van der Waals surface area (Å²) >= 11 is 0. The molecule has 6 nitrogen and oxygen atoms in total. The number of carbonyl (C=O) groups is 1. The number of carbonyl (C=O) groups excluding carboxylic acids is 1. The maximum absolute atomic E-state index is 13.5. The highest BCUT2D eigenvalue weighted by molar-refractivity contribution is 7.89. The standard InChI is InChI=1S/C24H34N2O4S/c1-5-16-24(4,23(28)25-21(17-27)18(2)3)22(19-12-8-6-9-13-19)26-31(29,30)20-14-10-7-11-15-20/h6-15,18,21-22,26-27H,5,16-17H2,1-4H3,(H,25,28)/t21-,22+,24+/m1/s1. The maximum Gasteiger partial charge on any atom is 0.241 e. The highest BCUT2D eigenvalue weighted by atomic mass is 32.2. The van der Waals surface area contributed by atoms with Crippen molar-refractivity contribution in [2.24, 2.45) is 11.3 Å². The molecule has 0 aliphatic carbocycles. The molecule has 2 aromatic rings. The normalized spacial score (nSPS) is 15.8. The van der Waals surface area contributed by atoms with Gasteiger partial charge in [-0.05, 0) is 37.0 Å². The van der Waals surface area contributed by atoms with Gasteiger partial charge in [0.2, 0.25) is 15.9 Å². The number of aliphatic hydroxyl groups is 1. The SMILES string of the molecule is CCC[C@](C)(C(=O)N[C@H](CO)C(C)C)[C@@H](NS(=O)(=O)c1ccccc1)c1ccccc1. The zero-order valence-electron chi connectivity index (χ0n) is 18.7. The van der Waals surface area contributed by atoms with Gasteiger partial charge in [0.15, 0.2) is 0 Å². The molecule has 2 aromatic carbocycles. The third kappa shape index (κ3) is 6.15. The second-order valence-electron chi connectivity index (χ2n) is 8.45. The van der Waals surface area contributed by atoms with Crippen molar-refractivity contribution in [3.05, 3.63) is 66.2 Å². The molecule has 3 atom stereocenters. The van der Waals surface area contributed by atoms with Crippen LogP contribution in [0.25, 0.3) is 0 Å². The smallest absolute Gasteiger partial charge is 0.241 e. The van der Waals surface area contributed by atoms with Gasteiger partial charge >= 0.3 is 0 Å². The van der Waals surface area contributed by atoms with Gasteiger partial charge < -0.3 is 10.4 Å². The van der Waals surface area contributed by atoms with Crippen LogP contribution < -0.4 is 10.0 Å². The second kappa shape index (κ2) is 10.9. The van der Waals surface area contributed by atoms with E-state index in [0.717, 1.165) is 0 Å². The Morgan fingerprint density at radius 1 is 1.03 bits per heavy atom. The van der Waals surface area contributed by atoms with E-state index in [0.29, 0.717) is 18.4 Å².